The lowest BCUT2D eigenvalue weighted by atomic mass is 10.1. The monoisotopic (exact) mass is 282 g/mol. The number of phenols is 1. The fourth-order valence-corrected chi connectivity index (χ4v) is 2.04. The topological polar surface area (TPSA) is 68.0 Å². The van der Waals surface area contributed by atoms with Crippen LogP contribution in [0.1, 0.15) is 12.0 Å². The number of aryl methyl sites for hydroxylation is 1. The Balaban J connectivity index is 2.36. The number of rotatable bonds is 10. The summed E-state index contributed by atoms with van der Waals surface area (Å²) in [6.07, 6.45) is 1.98. The number of phenolic OH excluding ortho intramolecular Hbond substituents is 1. The molecule has 114 valence electrons. The fourth-order valence-electron chi connectivity index (χ4n) is 2.04. The van der Waals surface area contributed by atoms with Gasteiger partial charge in [-0.25, -0.2) is 0 Å². The van der Waals surface area contributed by atoms with E-state index in [9.17, 15) is 5.11 Å². The molecule has 20 heavy (non-hydrogen) atoms. The molecule has 0 aliphatic rings. The molecule has 0 unspecified atom stereocenters. The number of hydrogen-bond donors (Lipinski definition) is 2. The van der Waals surface area contributed by atoms with Crippen molar-refractivity contribution in [1.29, 1.82) is 0 Å². The van der Waals surface area contributed by atoms with Crippen LogP contribution in [-0.2, 0) is 15.9 Å². The van der Waals surface area contributed by atoms with Crippen LogP contribution in [0.15, 0.2) is 18.2 Å². The molecule has 0 aliphatic heterocycles. The first-order valence-corrected chi connectivity index (χ1v) is 6.95. The molecule has 0 amide bonds. The van der Waals surface area contributed by atoms with Gasteiger partial charge < -0.3 is 20.3 Å². The smallest absolute Gasteiger partial charge is 0.138 e. The van der Waals surface area contributed by atoms with Gasteiger partial charge in [0.1, 0.15) is 5.75 Å². The van der Waals surface area contributed by atoms with E-state index in [-0.39, 0.29) is 5.75 Å². The molecule has 0 heterocycles. The maximum absolute atomic E-state index is 9.39. The van der Waals surface area contributed by atoms with E-state index in [1.807, 2.05) is 12.1 Å². The van der Waals surface area contributed by atoms with E-state index in [2.05, 4.69) is 4.90 Å². The highest BCUT2D eigenvalue weighted by atomic mass is 16.5. The van der Waals surface area contributed by atoms with Crippen LogP contribution in [0.4, 0.5) is 5.69 Å². The van der Waals surface area contributed by atoms with Gasteiger partial charge in [0, 0.05) is 27.3 Å². The van der Waals surface area contributed by atoms with Gasteiger partial charge in [-0.15, -0.1) is 0 Å². The second-order valence-electron chi connectivity index (χ2n) is 4.82. The SMILES string of the molecule is COCCN(CCCc1ccc(O)c(N)c1)CCOC. The summed E-state index contributed by atoms with van der Waals surface area (Å²) in [7, 11) is 3.43. The number of nitrogens with two attached hydrogens (primary N) is 1. The predicted molar refractivity (Wildman–Crippen MR) is 81.0 cm³/mol. The number of ether oxygens (including phenoxy) is 2. The van der Waals surface area contributed by atoms with Gasteiger partial charge in [0.2, 0.25) is 0 Å². The van der Waals surface area contributed by atoms with E-state index in [0.717, 1.165) is 51.3 Å². The second-order valence-corrected chi connectivity index (χ2v) is 4.82. The molecule has 5 nitrogen and oxygen atoms in total. The molecule has 0 atom stereocenters. The lowest BCUT2D eigenvalue weighted by Gasteiger charge is -2.21. The molecule has 1 aromatic rings. The van der Waals surface area contributed by atoms with Crippen LogP contribution in [0.3, 0.4) is 0 Å². The Morgan fingerprint density at radius 1 is 1.10 bits per heavy atom. The zero-order chi connectivity index (χ0) is 14.8. The van der Waals surface area contributed by atoms with Crippen molar-refractivity contribution < 1.29 is 14.6 Å². The van der Waals surface area contributed by atoms with Crippen molar-refractivity contribution in [3.8, 4) is 5.75 Å². The van der Waals surface area contributed by atoms with E-state index in [4.69, 9.17) is 15.2 Å². The number of nitrogen functional groups attached to an aromatic ring is 1. The molecule has 0 saturated carbocycles. The van der Waals surface area contributed by atoms with Crippen LogP contribution in [0, 0.1) is 0 Å². The van der Waals surface area contributed by atoms with Crippen molar-refractivity contribution in [3.05, 3.63) is 23.8 Å². The molecule has 1 aromatic carbocycles. The number of aromatic hydroxyl groups is 1. The molecule has 1 rings (SSSR count). The highest BCUT2D eigenvalue weighted by molar-refractivity contribution is 5.53. The lowest BCUT2D eigenvalue weighted by molar-refractivity contribution is 0.113. The summed E-state index contributed by atoms with van der Waals surface area (Å²) in [6, 6.07) is 5.41. The Labute approximate surface area is 121 Å². The fraction of sp³-hybridized carbons (Fsp3) is 0.600. The highest BCUT2D eigenvalue weighted by Crippen LogP contribution is 2.21. The van der Waals surface area contributed by atoms with Crippen LogP contribution in [0.5, 0.6) is 5.75 Å². The maximum atomic E-state index is 9.39. The molecular formula is C15H26N2O3. The van der Waals surface area contributed by atoms with Crippen molar-refractivity contribution in [3.63, 3.8) is 0 Å². The van der Waals surface area contributed by atoms with E-state index in [1.54, 1.807) is 20.3 Å². The Hall–Kier alpha value is -1.30. The third-order valence-corrected chi connectivity index (χ3v) is 3.26. The van der Waals surface area contributed by atoms with Gasteiger partial charge in [-0.1, -0.05) is 6.07 Å². The molecule has 0 bridgehead atoms. The van der Waals surface area contributed by atoms with Crippen molar-refractivity contribution >= 4 is 5.69 Å². The summed E-state index contributed by atoms with van der Waals surface area (Å²) >= 11 is 0. The zero-order valence-electron chi connectivity index (χ0n) is 12.5. The van der Waals surface area contributed by atoms with Gasteiger partial charge in [0.15, 0.2) is 0 Å². The third kappa shape index (κ3) is 6.23. The van der Waals surface area contributed by atoms with E-state index in [0.29, 0.717) is 5.69 Å². The van der Waals surface area contributed by atoms with Crippen LogP contribution < -0.4 is 5.73 Å². The number of hydrogen-bond acceptors (Lipinski definition) is 5. The van der Waals surface area contributed by atoms with Crippen LogP contribution in [0.2, 0.25) is 0 Å². The van der Waals surface area contributed by atoms with Crippen LogP contribution in [-0.4, -0.2) is 57.1 Å². The molecular weight excluding hydrogens is 256 g/mol. The highest BCUT2D eigenvalue weighted by Gasteiger charge is 2.05. The van der Waals surface area contributed by atoms with Crippen LogP contribution >= 0.6 is 0 Å². The van der Waals surface area contributed by atoms with Crippen molar-refractivity contribution in [2.75, 3.05) is 52.8 Å². The molecule has 0 aliphatic carbocycles. The number of benzene rings is 1. The van der Waals surface area contributed by atoms with E-state index >= 15 is 0 Å². The minimum atomic E-state index is 0.149. The minimum Gasteiger partial charge on any atom is -0.506 e. The third-order valence-electron chi connectivity index (χ3n) is 3.26. The first-order chi connectivity index (χ1) is 9.67. The summed E-state index contributed by atoms with van der Waals surface area (Å²) in [5.74, 6) is 0.149. The van der Waals surface area contributed by atoms with Crippen molar-refractivity contribution in [2.24, 2.45) is 0 Å². The molecule has 3 N–H and O–H groups in total. The molecule has 0 fully saturated rings. The molecule has 5 heteroatoms. The first kappa shape index (κ1) is 16.8. The maximum Gasteiger partial charge on any atom is 0.138 e. The Morgan fingerprint density at radius 2 is 1.75 bits per heavy atom. The summed E-state index contributed by atoms with van der Waals surface area (Å²) in [6.45, 7) is 4.29. The summed E-state index contributed by atoms with van der Waals surface area (Å²) in [4.78, 5) is 2.33. The largest absolute Gasteiger partial charge is 0.506 e. The minimum absolute atomic E-state index is 0.149. The average Bonchev–Trinajstić information content (AvgIpc) is 2.45. The normalized spacial score (nSPS) is 11.2. The summed E-state index contributed by atoms with van der Waals surface area (Å²) in [5, 5.41) is 9.39. The van der Waals surface area contributed by atoms with Gasteiger partial charge in [-0.05, 0) is 37.1 Å². The van der Waals surface area contributed by atoms with Gasteiger partial charge >= 0.3 is 0 Å². The number of methoxy groups -OCH3 is 2. The van der Waals surface area contributed by atoms with Gasteiger partial charge in [-0.2, -0.15) is 0 Å². The molecule has 0 saturated heterocycles. The lowest BCUT2D eigenvalue weighted by Crippen LogP contribution is -2.31. The quantitative estimate of drug-likeness (QED) is 0.503. The Bertz CT molecular complexity index is 377. The van der Waals surface area contributed by atoms with E-state index in [1.165, 1.54) is 0 Å². The predicted octanol–water partition coefficient (Wildman–Crippen LogP) is 1.50. The molecule has 0 aromatic heterocycles. The zero-order valence-corrected chi connectivity index (χ0v) is 12.5. The Kier molecular flexibility index (Phi) is 8.02. The van der Waals surface area contributed by atoms with E-state index < -0.39 is 0 Å². The molecule has 0 radical (unpaired) electrons. The van der Waals surface area contributed by atoms with Gasteiger partial charge in [-0.3, -0.25) is 4.90 Å². The Morgan fingerprint density at radius 3 is 2.30 bits per heavy atom. The summed E-state index contributed by atoms with van der Waals surface area (Å²) < 4.78 is 10.2. The standard InChI is InChI=1S/C15H26N2O3/c1-19-10-8-17(9-11-20-2)7-3-4-13-5-6-15(18)14(16)12-13/h5-6,12,18H,3-4,7-11,16H2,1-2H3. The number of nitrogens with zero attached hydrogens (tertiary/aromatic N) is 1. The first-order valence-electron chi connectivity index (χ1n) is 6.95. The van der Waals surface area contributed by atoms with Gasteiger partial charge in [0.25, 0.3) is 0 Å². The second kappa shape index (κ2) is 9.58. The molecule has 0 spiro atoms. The van der Waals surface area contributed by atoms with Crippen molar-refractivity contribution in [2.45, 2.75) is 12.8 Å². The van der Waals surface area contributed by atoms with Crippen LogP contribution in [0.25, 0.3) is 0 Å². The number of anilines is 1. The van der Waals surface area contributed by atoms with Gasteiger partial charge in [0.05, 0.1) is 18.9 Å². The van der Waals surface area contributed by atoms with Crippen molar-refractivity contribution in [1.82, 2.24) is 4.90 Å². The average molecular weight is 282 g/mol. The summed E-state index contributed by atoms with van der Waals surface area (Å²) in [5.41, 5.74) is 7.28.